The number of amides is 1. The highest BCUT2D eigenvalue weighted by Gasteiger charge is 2.17. The monoisotopic (exact) mass is 290 g/mol. The summed E-state index contributed by atoms with van der Waals surface area (Å²) in [5.74, 6) is 0.153. The van der Waals surface area contributed by atoms with Gasteiger partial charge < -0.3 is 15.0 Å². The van der Waals surface area contributed by atoms with Crippen molar-refractivity contribution in [3.8, 4) is 0 Å². The van der Waals surface area contributed by atoms with Crippen LogP contribution in [0.15, 0.2) is 11.2 Å². The molecule has 3 N–H and O–H groups in total. The van der Waals surface area contributed by atoms with E-state index in [4.69, 9.17) is 4.74 Å². The molecule has 0 radical (unpaired) electrons. The molecule has 0 atom stereocenters. The van der Waals surface area contributed by atoms with Gasteiger partial charge in [-0.25, -0.2) is 18.1 Å². The Balaban J connectivity index is 2.49. The van der Waals surface area contributed by atoms with Crippen molar-refractivity contribution in [2.24, 2.45) is 0 Å². The van der Waals surface area contributed by atoms with Crippen molar-refractivity contribution in [1.29, 1.82) is 0 Å². The molecule has 0 spiro atoms. The maximum absolute atomic E-state index is 11.8. The third kappa shape index (κ3) is 4.97. The van der Waals surface area contributed by atoms with Crippen LogP contribution in [0.1, 0.15) is 12.7 Å². The molecule has 0 unspecified atom stereocenters. The molecule has 1 aromatic heterocycles. The fourth-order valence-corrected chi connectivity index (χ4v) is 2.17. The van der Waals surface area contributed by atoms with E-state index in [0.29, 0.717) is 25.4 Å². The second-order valence-electron chi connectivity index (χ2n) is 3.72. The molecule has 1 heterocycles. The molecule has 8 nitrogen and oxygen atoms in total. The van der Waals surface area contributed by atoms with Crippen LogP contribution in [0.2, 0.25) is 0 Å². The fourth-order valence-electron chi connectivity index (χ4n) is 1.25. The van der Waals surface area contributed by atoms with Crippen molar-refractivity contribution in [3.05, 3.63) is 12.0 Å². The quantitative estimate of drug-likeness (QED) is 0.532. The van der Waals surface area contributed by atoms with Gasteiger partial charge in [-0.1, -0.05) is 6.92 Å². The van der Waals surface area contributed by atoms with Gasteiger partial charge in [-0.3, -0.25) is 4.79 Å². The number of rotatable bonds is 8. The third-order valence-corrected chi connectivity index (χ3v) is 3.59. The van der Waals surface area contributed by atoms with Crippen LogP contribution in [-0.2, 0) is 26.0 Å². The summed E-state index contributed by atoms with van der Waals surface area (Å²) < 4.78 is 30.6. The number of H-pyrrole nitrogens is 1. The van der Waals surface area contributed by atoms with Gasteiger partial charge in [0.2, 0.25) is 5.91 Å². The van der Waals surface area contributed by atoms with Gasteiger partial charge in [0.25, 0.3) is 10.0 Å². The lowest BCUT2D eigenvalue weighted by Crippen LogP contribution is -2.38. The smallest absolute Gasteiger partial charge is 0.258 e. The molecule has 108 valence electrons. The maximum atomic E-state index is 11.8. The summed E-state index contributed by atoms with van der Waals surface area (Å²) >= 11 is 0. The van der Waals surface area contributed by atoms with Crippen molar-refractivity contribution in [1.82, 2.24) is 20.0 Å². The second-order valence-corrected chi connectivity index (χ2v) is 5.45. The number of aryl methyl sites for hydroxylation is 1. The van der Waals surface area contributed by atoms with Gasteiger partial charge in [0, 0.05) is 20.1 Å². The summed E-state index contributed by atoms with van der Waals surface area (Å²) in [7, 11) is -2.22. The Morgan fingerprint density at radius 1 is 1.53 bits per heavy atom. The molecular weight excluding hydrogens is 272 g/mol. The predicted octanol–water partition coefficient (Wildman–Crippen LogP) is -0.987. The van der Waals surface area contributed by atoms with E-state index in [1.807, 2.05) is 6.92 Å². The van der Waals surface area contributed by atoms with E-state index < -0.39 is 15.9 Å². The SMILES string of the molecule is CCc1ncc(S(=O)(=O)NCC(=O)NCCOC)[nH]1. The van der Waals surface area contributed by atoms with Crippen LogP contribution < -0.4 is 10.0 Å². The molecule has 0 saturated carbocycles. The van der Waals surface area contributed by atoms with Crippen LogP contribution in [0, 0.1) is 0 Å². The molecule has 0 fully saturated rings. The normalized spacial score (nSPS) is 11.5. The molecule has 0 bridgehead atoms. The fraction of sp³-hybridized carbons (Fsp3) is 0.600. The Kier molecular flexibility index (Phi) is 5.93. The van der Waals surface area contributed by atoms with Crippen LogP contribution in [-0.4, -0.2) is 51.1 Å². The highest BCUT2D eigenvalue weighted by atomic mass is 32.2. The second kappa shape index (κ2) is 7.22. The summed E-state index contributed by atoms with van der Waals surface area (Å²) in [5.41, 5.74) is 0. The topological polar surface area (TPSA) is 113 Å². The summed E-state index contributed by atoms with van der Waals surface area (Å²) in [6, 6.07) is 0. The number of hydrogen-bond acceptors (Lipinski definition) is 5. The van der Waals surface area contributed by atoms with E-state index in [-0.39, 0.29) is 11.6 Å². The molecule has 19 heavy (non-hydrogen) atoms. The van der Waals surface area contributed by atoms with Gasteiger partial charge in [0.1, 0.15) is 5.82 Å². The molecular formula is C10H18N4O4S. The van der Waals surface area contributed by atoms with Crippen molar-refractivity contribution in [2.75, 3.05) is 26.8 Å². The lowest BCUT2D eigenvalue weighted by molar-refractivity contribution is -0.120. The summed E-state index contributed by atoms with van der Waals surface area (Å²) in [6.45, 7) is 2.23. The number of aromatic amines is 1. The average Bonchev–Trinajstić information content (AvgIpc) is 2.86. The van der Waals surface area contributed by atoms with Crippen molar-refractivity contribution < 1.29 is 17.9 Å². The first kappa shape index (κ1) is 15.6. The number of hydrogen-bond donors (Lipinski definition) is 3. The van der Waals surface area contributed by atoms with Gasteiger partial charge in [0.05, 0.1) is 19.3 Å². The van der Waals surface area contributed by atoms with E-state index >= 15 is 0 Å². The number of nitrogens with zero attached hydrogens (tertiary/aromatic N) is 1. The van der Waals surface area contributed by atoms with Crippen LogP contribution in [0.3, 0.4) is 0 Å². The maximum Gasteiger partial charge on any atom is 0.258 e. The third-order valence-electron chi connectivity index (χ3n) is 2.28. The van der Waals surface area contributed by atoms with Gasteiger partial charge >= 0.3 is 0 Å². The number of carbonyl (C=O) groups is 1. The minimum Gasteiger partial charge on any atom is -0.383 e. The minimum absolute atomic E-state index is 0.0472. The first-order valence-electron chi connectivity index (χ1n) is 5.78. The predicted molar refractivity (Wildman–Crippen MR) is 68.0 cm³/mol. The molecule has 1 aromatic rings. The highest BCUT2D eigenvalue weighted by Crippen LogP contribution is 2.05. The van der Waals surface area contributed by atoms with Gasteiger partial charge in [-0.2, -0.15) is 0 Å². The Morgan fingerprint density at radius 3 is 2.84 bits per heavy atom. The molecule has 0 aliphatic rings. The molecule has 0 aromatic carbocycles. The highest BCUT2D eigenvalue weighted by molar-refractivity contribution is 7.89. The summed E-state index contributed by atoms with van der Waals surface area (Å²) in [6.07, 6.45) is 1.83. The van der Waals surface area contributed by atoms with Crippen molar-refractivity contribution in [3.63, 3.8) is 0 Å². The molecule has 9 heteroatoms. The first-order chi connectivity index (χ1) is 8.99. The largest absolute Gasteiger partial charge is 0.383 e. The van der Waals surface area contributed by atoms with Crippen LogP contribution in [0.4, 0.5) is 0 Å². The number of aromatic nitrogens is 2. The van der Waals surface area contributed by atoms with Crippen molar-refractivity contribution >= 4 is 15.9 Å². The number of ether oxygens (including phenoxy) is 1. The molecule has 0 aliphatic carbocycles. The Morgan fingerprint density at radius 2 is 2.26 bits per heavy atom. The van der Waals surface area contributed by atoms with Gasteiger partial charge in [-0.05, 0) is 0 Å². The van der Waals surface area contributed by atoms with Crippen LogP contribution in [0.25, 0.3) is 0 Å². The molecule has 1 amide bonds. The Bertz CT molecular complexity index is 511. The van der Waals surface area contributed by atoms with Crippen LogP contribution >= 0.6 is 0 Å². The van der Waals surface area contributed by atoms with Crippen molar-refractivity contribution in [2.45, 2.75) is 18.4 Å². The van der Waals surface area contributed by atoms with Gasteiger partial charge in [-0.15, -0.1) is 0 Å². The number of methoxy groups -OCH3 is 1. The van der Waals surface area contributed by atoms with E-state index in [0.717, 1.165) is 0 Å². The van der Waals surface area contributed by atoms with E-state index in [1.165, 1.54) is 13.3 Å². The minimum atomic E-state index is -3.74. The lowest BCUT2D eigenvalue weighted by atomic mass is 10.5. The number of nitrogens with one attached hydrogen (secondary N) is 3. The van der Waals surface area contributed by atoms with E-state index in [9.17, 15) is 13.2 Å². The first-order valence-corrected chi connectivity index (χ1v) is 7.27. The zero-order chi connectivity index (χ0) is 14.3. The number of carbonyl (C=O) groups excluding carboxylic acids is 1. The Hall–Kier alpha value is -1.45. The summed E-state index contributed by atoms with van der Waals surface area (Å²) in [5, 5.41) is 2.46. The average molecular weight is 290 g/mol. The number of sulfonamides is 1. The lowest BCUT2D eigenvalue weighted by Gasteiger charge is -2.06. The zero-order valence-corrected chi connectivity index (χ0v) is 11.7. The van der Waals surface area contributed by atoms with Gasteiger partial charge in [0.15, 0.2) is 5.03 Å². The molecule has 0 saturated heterocycles. The van der Waals surface area contributed by atoms with Crippen LogP contribution in [0.5, 0.6) is 0 Å². The number of imidazole rings is 1. The zero-order valence-electron chi connectivity index (χ0n) is 10.9. The van der Waals surface area contributed by atoms with E-state index in [1.54, 1.807) is 0 Å². The van der Waals surface area contributed by atoms with E-state index in [2.05, 4.69) is 20.0 Å². The molecule has 1 rings (SSSR count). The molecule has 0 aliphatic heterocycles. The Labute approximate surface area is 112 Å². The standard InChI is InChI=1S/C10H18N4O4S/c1-3-8-12-7-10(14-8)19(16,17)13-6-9(15)11-4-5-18-2/h7,13H,3-6H2,1-2H3,(H,11,15)(H,12,14). The summed E-state index contributed by atoms with van der Waals surface area (Å²) in [4.78, 5) is 17.9.